The largest absolute Gasteiger partial charge is 0.508 e. The number of hydrogen-bond donors (Lipinski definition) is 1. The average molecular weight is 276 g/mol. The number of benzene rings is 1. The molecular formula is C12H8N2O2S2. The first kappa shape index (κ1) is 11.2. The molecule has 0 aliphatic carbocycles. The van der Waals surface area contributed by atoms with E-state index in [2.05, 4.69) is 5.10 Å². The van der Waals surface area contributed by atoms with Gasteiger partial charge in [-0.2, -0.15) is 9.78 Å². The van der Waals surface area contributed by atoms with Gasteiger partial charge in [0.05, 0.1) is 16.4 Å². The van der Waals surface area contributed by atoms with Crippen molar-refractivity contribution in [3.8, 4) is 5.75 Å². The Morgan fingerprint density at radius 2 is 2.22 bits per heavy atom. The molecule has 90 valence electrons. The van der Waals surface area contributed by atoms with Crippen LogP contribution in [0.2, 0.25) is 0 Å². The van der Waals surface area contributed by atoms with Gasteiger partial charge in [0.15, 0.2) is 0 Å². The maximum Gasteiger partial charge on any atom is 0.328 e. The number of fused-ring (bicyclic) bond motifs is 1. The minimum absolute atomic E-state index is 0.125. The highest BCUT2D eigenvalue weighted by molar-refractivity contribution is 7.16. The van der Waals surface area contributed by atoms with E-state index < -0.39 is 0 Å². The molecular weight excluding hydrogens is 268 g/mol. The summed E-state index contributed by atoms with van der Waals surface area (Å²) in [6.07, 6.45) is 1.64. The second-order valence-corrected chi connectivity index (χ2v) is 5.56. The molecule has 1 N–H and O–H groups in total. The lowest BCUT2D eigenvalue weighted by Gasteiger charge is -1.95. The molecule has 3 aromatic rings. The van der Waals surface area contributed by atoms with Gasteiger partial charge in [0.2, 0.25) is 0 Å². The van der Waals surface area contributed by atoms with Gasteiger partial charge in [0, 0.05) is 10.9 Å². The Labute approximate surface area is 110 Å². The van der Waals surface area contributed by atoms with Crippen LogP contribution in [-0.4, -0.2) is 16.0 Å². The Morgan fingerprint density at radius 1 is 1.33 bits per heavy atom. The van der Waals surface area contributed by atoms with E-state index in [1.54, 1.807) is 35.8 Å². The third-order valence-corrected chi connectivity index (χ3v) is 4.10. The molecule has 0 radical (unpaired) electrons. The van der Waals surface area contributed by atoms with Crippen molar-refractivity contribution >= 4 is 39.1 Å². The van der Waals surface area contributed by atoms with Crippen LogP contribution in [0, 0.1) is 0 Å². The molecule has 18 heavy (non-hydrogen) atoms. The maximum absolute atomic E-state index is 11.8. The van der Waals surface area contributed by atoms with E-state index in [9.17, 15) is 9.90 Å². The SMILES string of the molecule is O=c1sc2ccc(O)cc2n1N=Cc1cccs1. The Hall–Kier alpha value is -1.92. The highest BCUT2D eigenvalue weighted by Gasteiger charge is 2.06. The van der Waals surface area contributed by atoms with Crippen LogP contribution in [0.4, 0.5) is 0 Å². The second-order valence-electron chi connectivity index (χ2n) is 3.59. The first-order valence-electron chi connectivity index (χ1n) is 5.16. The molecule has 0 atom stereocenters. The molecule has 0 bridgehead atoms. The van der Waals surface area contributed by atoms with E-state index >= 15 is 0 Å². The summed E-state index contributed by atoms with van der Waals surface area (Å²) < 4.78 is 2.11. The monoisotopic (exact) mass is 276 g/mol. The molecule has 4 nitrogen and oxygen atoms in total. The van der Waals surface area contributed by atoms with Crippen molar-refractivity contribution in [2.24, 2.45) is 5.10 Å². The van der Waals surface area contributed by atoms with E-state index in [1.807, 2.05) is 17.5 Å². The lowest BCUT2D eigenvalue weighted by atomic mass is 10.3. The van der Waals surface area contributed by atoms with Gasteiger partial charge >= 0.3 is 4.87 Å². The van der Waals surface area contributed by atoms with Gasteiger partial charge in [-0.25, -0.2) is 0 Å². The molecule has 0 saturated carbocycles. The number of rotatable bonds is 2. The van der Waals surface area contributed by atoms with E-state index in [4.69, 9.17) is 0 Å². The van der Waals surface area contributed by atoms with E-state index in [0.29, 0.717) is 5.52 Å². The third kappa shape index (κ3) is 1.96. The number of thiazole rings is 1. The minimum atomic E-state index is -0.164. The summed E-state index contributed by atoms with van der Waals surface area (Å²) in [6.45, 7) is 0. The number of thiophene rings is 1. The second kappa shape index (κ2) is 4.40. The summed E-state index contributed by atoms with van der Waals surface area (Å²) in [7, 11) is 0. The van der Waals surface area contributed by atoms with Crippen LogP contribution in [0.15, 0.2) is 45.6 Å². The first-order valence-corrected chi connectivity index (χ1v) is 6.86. The number of nitrogens with zero attached hydrogens (tertiary/aromatic N) is 2. The van der Waals surface area contributed by atoms with E-state index in [0.717, 1.165) is 20.9 Å². The lowest BCUT2D eigenvalue weighted by molar-refractivity contribution is 0.476. The molecule has 0 amide bonds. The van der Waals surface area contributed by atoms with Crippen LogP contribution in [-0.2, 0) is 0 Å². The third-order valence-electron chi connectivity index (χ3n) is 2.38. The summed E-state index contributed by atoms with van der Waals surface area (Å²) in [6, 6.07) is 8.66. The summed E-state index contributed by atoms with van der Waals surface area (Å²) in [4.78, 5) is 12.6. The molecule has 0 aliphatic rings. The maximum atomic E-state index is 11.8. The minimum Gasteiger partial charge on any atom is -0.508 e. The van der Waals surface area contributed by atoms with Crippen LogP contribution in [0.1, 0.15) is 4.88 Å². The van der Waals surface area contributed by atoms with Crippen molar-refractivity contribution in [1.29, 1.82) is 0 Å². The average Bonchev–Trinajstić information content (AvgIpc) is 2.94. The molecule has 3 rings (SSSR count). The fourth-order valence-electron chi connectivity index (χ4n) is 1.58. The Bertz CT molecular complexity index is 769. The fourth-order valence-corrected chi connectivity index (χ4v) is 2.97. The summed E-state index contributed by atoms with van der Waals surface area (Å²) in [5, 5.41) is 15.6. The summed E-state index contributed by atoms with van der Waals surface area (Å²) in [5.41, 5.74) is 0.623. The Balaban J connectivity index is 2.14. The van der Waals surface area contributed by atoms with Crippen LogP contribution >= 0.6 is 22.7 Å². The van der Waals surface area contributed by atoms with Gasteiger partial charge < -0.3 is 5.11 Å². The van der Waals surface area contributed by atoms with Crippen molar-refractivity contribution in [2.75, 3.05) is 0 Å². The molecule has 0 aliphatic heterocycles. The van der Waals surface area contributed by atoms with E-state index in [-0.39, 0.29) is 10.6 Å². The smallest absolute Gasteiger partial charge is 0.328 e. The zero-order chi connectivity index (χ0) is 12.5. The van der Waals surface area contributed by atoms with Crippen LogP contribution in [0.5, 0.6) is 5.75 Å². The fraction of sp³-hybridized carbons (Fsp3) is 0. The predicted octanol–water partition coefficient (Wildman–Crippen LogP) is 2.71. The number of aromatic nitrogens is 1. The zero-order valence-electron chi connectivity index (χ0n) is 9.11. The van der Waals surface area contributed by atoms with Gasteiger partial charge in [0.1, 0.15) is 5.75 Å². The number of phenols is 1. The number of phenolic OH excluding ortho intramolecular Hbond substituents is 1. The molecule has 0 fully saturated rings. The van der Waals surface area contributed by atoms with Crippen LogP contribution in [0.3, 0.4) is 0 Å². The molecule has 0 saturated heterocycles. The van der Waals surface area contributed by atoms with Crippen molar-refractivity contribution in [3.63, 3.8) is 0 Å². The quantitative estimate of drug-likeness (QED) is 0.732. The van der Waals surface area contributed by atoms with E-state index in [1.165, 1.54) is 4.68 Å². The lowest BCUT2D eigenvalue weighted by Crippen LogP contribution is -2.07. The van der Waals surface area contributed by atoms with Gasteiger partial charge in [-0.15, -0.1) is 11.3 Å². The summed E-state index contributed by atoms with van der Waals surface area (Å²) in [5.74, 6) is 0.125. The molecule has 0 spiro atoms. The zero-order valence-corrected chi connectivity index (χ0v) is 10.7. The number of hydrogen-bond acceptors (Lipinski definition) is 5. The molecule has 1 aromatic carbocycles. The highest BCUT2D eigenvalue weighted by atomic mass is 32.1. The number of aromatic hydroxyl groups is 1. The van der Waals surface area contributed by atoms with Crippen molar-refractivity contribution < 1.29 is 5.11 Å². The van der Waals surface area contributed by atoms with Gasteiger partial charge in [-0.1, -0.05) is 17.4 Å². The van der Waals surface area contributed by atoms with Crippen LogP contribution < -0.4 is 4.87 Å². The molecule has 6 heteroatoms. The van der Waals surface area contributed by atoms with Crippen LogP contribution in [0.25, 0.3) is 10.2 Å². The first-order chi connectivity index (χ1) is 8.74. The van der Waals surface area contributed by atoms with Gasteiger partial charge in [-0.05, 0) is 23.6 Å². The standard InChI is InChI=1S/C12H8N2O2S2/c15-8-3-4-11-10(6-8)14(12(16)18-11)13-7-9-2-1-5-17-9/h1-7,15H. The molecule has 0 unspecified atom stereocenters. The van der Waals surface area contributed by atoms with Crippen molar-refractivity contribution in [3.05, 3.63) is 50.3 Å². The normalized spacial score (nSPS) is 11.6. The molecule has 2 aromatic heterocycles. The van der Waals surface area contributed by atoms with Gasteiger partial charge in [0.25, 0.3) is 0 Å². The highest BCUT2D eigenvalue weighted by Crippen LogP contribution is 2.22. The van der Waals surface area contributed by atoms with Gasteiger partial charge in [-0.3, -0.25) is 4.79 Å². The van der Waals surface area contributed by atoms with Crippen molar-refractivity contribution in [1.82, 2.24) is 4.68 Å². The predicted molar refractivity (Wildman–Crippen MR) is 75.1 cm³/mol. The Morgan fingerprint density at radius 3 is 3.00 bits per heavy atom. The summed E-state index contributed by atoms with van der Waals surface area (Å²) >= 11 is 2.66. The Kier molecular flexibility index (Phi) is 2.73. The van der Waals surface area contributed by atoms with Crippen molar-refractivity contribution in [2.45, 2.75) is 0 Å². The topological polar surface area (TPSA) is 54.6 Å². The molecule has 2 heterocycles.